The van der Waals surface area contributed by atoms with Crippen LogP contribution < -0.4 is 10.2 Å². The maximum atomic E-state index is 13.9. The third-order valence-electron chi connectivity index (χ3n) is 5.25. The molecule has 0 spiro atoms. The molecular weight excluding hydrogens is 447 g/mol. The Morgan fingerprint density at radius 2 is 2.09 bits per heavy atom. The van der Waals surface area contributed by atoms with Crippen molar-refractivity contribution in [2.75, 3.05) is 50.3 Å². The molecule has 0 aromatic heterocycles. The van der Waals surface area contributed by atoms with Crippen molar-refractivity contribution in [3.63, 3.8) is 0 Å². The van der Waals surface area contributed by atoms with Gasteiger partial charge in [-0.2, -0.15) is 0 Å². The average Bonchev–Trinajstić information content (AvgIpc) is 2.81. The molecule has 0 atom stereocenters. The molecule has 0 radical (unpaired) electrons. The summed E-state index contributed by atoms with van der Waals surface area (Å²) in [6.07, 6.45) is 1.53. The number of morpholine rings is 1. The van der Waals surface area contributed by atoms with Gasteiger partial charge in [-0.05, 0) is 55.1 Å². The van der Waals surface area contributed by atoms with E-state index in [2.05, 4.69) is 40.1 Å². The van der Waals surface area contributed by atoms with Crippen LogP contribution in [0.1, 0.15) is 11.1 Å². The summed E-state index contributed by atoms with van der Waals surface area (Å²) in [5, 5.41) is 3.71. The summed E-state index contributed by atoms with van der Waals surface area (Å²) in [4.78, 5) is 19.5. The molecule has 0 unspecified atom stereocenters. The first-order chi connectivity index (χ1) is 15.9. The highest BCUT2D eigenvalue weighted by Gasteiger charge is 2.14. The van der Waals surface area contributed by atoms with Crippen molar-refractivity contribution in [1.82, 2.24) is 4.90 Å². The number of ether oxygens (including phenoxy) is 2. The number of nitrogens with zero attached hydrogens (tertiary/aromatic N) is 3. The van der Waals surface area contributed by atoms with Crippen LogP contribution in [0.3, 0.4) is 0 Å². The summed E-state index contributed by atoms with van der Waals surface area (Å²) in [6.45, 7) is 8.97. The minimum Gasteiger partial charge on any atom is -0.490 e. The first-order valence-electron chi connectivity index (χ1n) is 10.5. The monoisotopic (exact) mass is 474 g/mol. The molecule has 0 aliphatic carbocycles. The second-order valence-electron chi connectivity index (χ2n) is 7.62. The fraction of sp³-hybridized carbons (Fsp3) is 0.333. The standard InChI is InChI=1S/C24H28ClFN4O3/c1-17-4-5-21(30-6-8-33-9-7-30)13-22(17)28-16-29(15-23(32-3)24(31)27-2)14-18-10-19(25)12-20(26)11-18/h4-5,10-13,15,28H,2,6-9,14,16H2,1,3H3/b23-15+. The normalized spacial score (nSPS) is 14.1. The highest BCUT2D eigenvalue weighted by atomic mass is 35.5. The van der Waals surface area contributed by atoms with Gasteiger partial charge in [0.2, 0.25) is 5.76 Å². The molecule has 0 saturated carbocycles. The van der Waals surface area contributed by atoms with Gasteiger partial charge in [0.1, 0.15) is 5.82 Å². The third kappa shape index (κ3) is 6.94. The Bertz CT molecular complexity index is 1000. The summed E-state index contributed by atoms with van der Waals surface area (Å²) in [7, 11) is 1.38. The van der Waals surface area contributed by atoms with E-state index in [9.17, 15) is 9.18 Å². The number of methoxy groups -OCH3 is 1. The van der Waals surface area contributed by atoms with Gasteiger partial charge in [0.05, 0.1) is 27.0 Å². The van der Waals surface area contributed by atoms with Crippen LogP contribution in [0, 0.1) is 12.7 Å². The van der Waals surface area contributed by atoms with Crippen LogP contribution in [-0.4, -0.2) is 57.6 Å². The predicted molar refractivity (Wildman–Crippen MR) is 129 cm³/mol. The van der Waals surface area contributed by atoms with Crippen molar-refractivity contribution in [2.45, 2.75) is 13.5 Å². The van der Waals surface area contributed by atoms with Crippen LogP contribution in [0.15, 0.2) is 53.3 Å². The van der Waals surface area contributed by atoms with Gasteiger partial charge in [0.25, 0.3) is 0 Å². The largest absolute Gasteiger partial charge is 0.490 e. The van der Waals surface area contributed by atoms with E-state index < -0.39 is 11.7 Å². The number of rotatable bonds is 9. The highest BCUT2D eigenvalue weighted by Crippen LogP contribution is 2.25. The fourth-order valence-electron chi connectivity index (χ4n) is 3.53. The van der Waals surface area contributed by atoms with Crippen molar-refractivity contribution in [3.05, 3.63) is 70.3 Å². The number of anilines is 2. The fourth-order valence-corrected chi connectivity index (χ4v) is 3.77. The smallest absolute Gasteiger partial charge is 0.312 e. The Morgan fingerprint density at radius 1 is 1.33 bits per heavy atom. The molecule has 1 amide bonds. The van der Waals surface area contributed by atoms with Gasteiger partial charge in [-0.3, -0.25) is 4.79 Å². The van der Waals surface area contributed by atoms with E-state index in [1.807, 2.05) is 6.92 Å². The first kappa shape index (κ1) is 24.5. The van der Waals surface area contributed by atoms with E-state index in [0.29, 0.717) is 30.5 Å². The molecule has 33 heavy (non-hydrogen) atoms. The molecule has 7 nitrogen and oxygen atoms in total. The van der Waals surface area contributed by atoms with Crippen molar-refractivity contribution in [1.29, 1.82) is 0 Å². The Balaban J connectivity index is 1.82. The van der Waals surface area contributed by atoms with E-state index in [1.165, 1.54) is 25.4 Å². The molecule has 9 heteroatoms. The van der Waals surface area contributed by atoms with Gasteiger partial charge in [0.15, 0.2) is 0 Å². The number of aryl methyl sites for hydroxylation is 1. The number of amides is 1. The lowest BCUT2D eigenvalue weighted by Gasteiger charge is -2.30. The SMILES string of the molecule is C=NC(=O)/C(=C\N(CNc1cc(N2CCOCC2)ccc1C)Cc1cc(F)cc(Cl)c1)OC. The first-order valence-corrected chi connectivity index (χ1v) is 10.9. The summed E-state index contributed by atoms with van der Waals surface area (Å²) in [5.41, 5.74) is 3.77. The van der Waals surface area contributed by atoms with Gasteiger partial charge in [-0.1, -0.05) is 17.7 Å². The van der Waals surface area contributed by atoms with E-state index in [-0.39, 0.29) is 12.3 Å². The predicted octanol–water partition coefficient (Wildman–Crippen LogP) is 4.21. The van der Waals surface area contributed by atoms with Crippen molar-refractivity contribution in [2.24, 2.45) is 4.99 Å². The molecule has 1 fully saturated rings. The van der Waals surface area contributed by atoms with Crippen molar-refractivity contribution >= 4 is 35.6 Å². The molecule has 1 N–H and O–H groups in total. The zero-order valence-corrected chi connectivity index (χ0v) is 19.6. The Morgan fingerprint density at radius 3 is 2.76 bits per heavy atom. The van der Waals surface area contributed by atoms with Gasteiger partial charge in [-0.25, -0.2) is 9.38 Å². The molecule has 1 saturated heterocycles. The lowest BCUT2D eigenvalue weighted by molar-refractivity contribution is -0.117. The van der Waals surface area contributed by atoms with Crippen LogP contribution in [0.25, 0.3) is 0 Å². The maximum absolute atomic E-state index is 13.9. The second-order valence-corrected chi connectivity index (χ2v) is 8.06. The van der Waals surface area contributed by atoms with Gasteiger partial charge in [-0.15, -0.1) is 0 Å². The summed E-state index contributed by atoms with van der Waals surface area (Å²) in [6, 6.07) is 10.6. The van der Waals surface area contributed by atoms with Crippen LogP contribution in [0.2, 0.25) is 5.02 Å². The van der Waals surface area contributed by atoms with Crippen LogP contribution in [0.4, 0.5) is 15.8 Å². The molecule has 1 aliphatic heterocycles. The zero-order chi connectivity index (χ0) is 23.8. The molecule has 2 aromatic rings. The highest BCUT2D eigenvalue weighted by molar-refractivity contribution is 6.30. The quantitative estimate of drug-likeness (QED) is 0.254. The maximum Gasteiger partial charge on any atom is 0.312 e. The van der Waals surface area contributed by atoms with E-state index >= 15 is 0 Å². The average molecular weight is 475 g/mol. The molecule has 176 valence electrons. The van der Waals surface area contributed by atoms with E-state index in [4.69, 9.17) is 21.1 Å². The summed E-state index contributed by atoms with van der Waals surface area (Å²) >= 11 is 6.02. The lowest BCUT2D eigenvalue weighted by atomic mass is 10.1. The third-order valence-corrected chi connectivity index (χ3v) is 5.47. The molecular formula is C24H28ClFN4O3. The second kappa shape index (κ2) is 11.7. The van der Waals surface area contributed by atoms with Crippen molar-refractivity contribution < 1.29 is 18.7 Å². The molecule has 1 heterocycles. The Kier molecular flexibility index (Phi) is 8.68. The molecule has 3 rings (SSSR count). The van der Waals surface area contributed by atoms with Gasteiger partial charge in [0, 0.05) is 42.2 Å². The topological polar surface area (TPSA) is 66.4 Å². The van der Waals surface area contributed by atoms with Gasteiger partial charge >= 0.3 is 5.91 Å². The van der Waals surface area contributed by atoms with E-state index in [0.717, 1.165) is 30.0 Å². The van der Waals surface area contributed by atoms with Crippen molar-refractivity contribution in [3.8, 4) is 0 Å². The number of nitrogens with one attached hydrogen (secondary N) is 1. The molecule has 2 aromatic carbocycles. The van der Waals surface area contributed by atoms with Gasteiger partial charge < -0.3 is 24.6 Å². The lowest BCUT2D eigenvalue weighted by Crippen LogP contribution is -2.36. The minimum absolute atomic E-state index is 0.0214. The number of benzene rings is 2. The summed E-state index contributed by atoms with van der Waals surface area (Å²) < 4.78 is 24.5. The van der Waals surface area contributed by atoms with Crippen LogP contribution in [-0.2, 0) is 20.8 Å². The number of hydrogen-bond acceptors (Lipinski definition) is 6. The van der Waals surface area contributed by atoms with Crippen LogP contribution in [0.5, 0.6) is 0 Å². The number of carbonyl (C=O) groups is 1. The van der Waals surface area contributed by atoms with E-state index in [1.54, 1.807) is 11.0 Å². The summed E-state index contributed by atoms with van der Waals surface area (Å²) in [5.74, 6) is -1.00. The number of carbonyl (C=O) groups excluding carboxylic acids is 1. The van der Waals surface area contributed by atoms with Crippen LogP contribution >= 0.6 is 11.6 Å². The molecule has 1 aliphatic rings. The molecule has 0 bridgehead atoms. The zero-order valence-electron chi connectivity index (χ0n) is 18.8. The number of hydrogen-bond donors (Lipinski definition) is 1. The Hall–Kier alpha value is -3.10. The minimum atomic E-state index is -0.592. The number of halogens is 2. The number of aliphatic imine (C=N–C) groups is 1. The Labute approximate surface area is 198 Å².